The lowest BCUT2D eigenvalue weighted by atomic mass is 10.2. The molecule has 0 fully saturated rings. The van der Waals surface area contributed by atoms with Gasteiger partial charge in [0, 0.05) is 24.7 Å². The van der Waals surface area contributed by atoms with Gasteiger partial charge in [-0.2, -0.15) is 0 Å². The quantitative estimate of drug-likeness (QED) is 0.531. The van der Waals surface area contributed by atoms with E-state index in [4.69, 9.17) is 16.0 Å². The zero-order chi connectivity index (χ0) is 21.6. The molecule has 0 saturated heterocycles. The van der Waals surface area contributed by atoms with Gasteiger partial charge in [-0.05, 0) is 47.5 Å². The molecule has 1 heterocycles. The molecule has 30 heavy (non-hydrogen) atoms. The average Bonchev–Trinajstić information content (AvgIpc) is 3.26. The summed E-state index contributed by atoms with van der Waals surface area (Å²) in [4.78, 5) is 14.0. The number of carbonyl (C=O) groups excluding carboxylic acids is 1. The van der Waals surface area contributed by atoms with Crippen molar-refractivity contribution in [3.05, 3.63) is 94.9 Å². The lowest BCUT2D eigenvalue weighted by Crippen LogP contribution is -2.24. The summed E-state index contributed by atoms with van der Waals surface area (Å²) in [5.41, 5.74) is 1.57. The number of benzene rings is 2. The van der Waals surface area contributed by atoms with Gasteiger partial charge < -0.3 is 9.32 Å². The molecule has 1 amide bonds. The van der Waals surface area contributed by atoms with Crippen LogP contribution < -0.4 is 4.72 Å². The number of amides is 1. The van der Waals surface area contributed by atoms with Crippen molar-refractivity contribution >= 4 is 33.6 Å². The Morgan fingerprint density at radius 3 is 2.50 bits per heavy atom. The number of furan rings is 1. The summed E-state index contributed by atoms with van der Waals surface area (Å²) >= 11 is 6.13. The number of rotatable bonds is 8. The van der Waals surface area contributed by atoms with Gasteiger partial charge in [0.25, 0.3) is 0 Å². The molecular weight excluding hydrogens is 424 g/mol. The Balaban J connectivity index is 1.59. The van der Waals surface area contributed by atoms with Crippen LogP contribution in [-0.2, 0) is 27.9 Å². The predicted molar refractivity (Wildman–Crippen MR) is 116 cm³/mol. The number of likely N-dealkylation sites (N-methyl/N-ethyl adjacent to an activating group) is 1. The summed E-state index contributed by atoms with van der Waals surface area (Å²) < 4.78 is 32.3. The topological polar surface area (TPSA) is 79.6 Å². The summed E-state index contributed by atoms with van der Waals surface area (Å²) in [6.45, 7) is 0.463. The molecule has 1 N–H and O–H groups in total. The van der Waals surface area contributed by atoms with E-state index in [0.29, 0.717) is 22.9 Å². The van der Waals surface area contributed by atoms with E-state index in [2.05, 4.69) is 4.72 Å². The molecule has 8 heteroatoms. The van der Waals surface area contributed by atoms with Crippen molar-refractivity contribution in [1.29, 1.82) is 0 Å². The predicted octanol–water partition coefficient (Wildman–Crippen LogP) is 4.08. The van der Waals surface area contributed by atoms with Gasteiger partial charge >= 0.3 is 0 Å². The first-order valence-electron chi connectivity index (χ1n) is 9.14. The van der Waals surface area contributed by atoms with Crippen molar-refractivity contribution in [3.8, 4) is 0 Å². The van der Waals surface area contributed by atoms with E-state index in [-0.39, 0.29) is 17.3 Å². The molecule has 0 spiro atoms. The molecule has 0 saturated carbocycles. The van der Waals surface area contributed by atoms with Crippen LogP contribution >= 0.6 is 11.6 Å². The van der Waals surface area contributed by atoms with Crippen LogP contribution in [0.25, 0.3) is 6.08 Å². The third kappa shape index (κ3) is 5.82. The van der Waals surface area contributed by atoms with E-state index in [1.165, 1.54) is 24.5 Å². The SMILES string of the molecule is CN(Cc1ccccc1Cl)C(=O)/C=C/c1ccc(S(=O)(=O)NCc2ccco2)cc1. The highest BCUT2D eigenvalue weighted by atomic mass is 35.5. The summed E-state index contributed by atoms with van der Waals surface area (Å²) in [5.74, 6) is 0.337. The highest BCUT2D eigenvalue weighted by molar-refractivity contribution is 7.89. The number of nitrogens with one attached hydrogen (secondary N) is 1. The van der Waals surface area contributed by atoms with E-state index < -0.39 is 10.0 Å². The number of halogens is 1. The largest absolute Gasteiger partial charge is 0.468 e. The maximum absolute atomic E-state index is 12.4. The first-order chi connectivity index (χ1) is 14.3. The molecule has 0 aliphatic heterocycles. The maximum Gasteiger partial charge on any atom is 0.246 e. The van der Waals surface area contributed by atoms with Crippen molar-refractivity contribution in [2.75, 3.05) is 7.05 Å². The minimum Gasteiger partial charge on any atom is -0.468 e. The first kappa shape index (κ1) is 21.8. The summed E-state index contributed by atoms with van der Waals surface area (Å²) in [5, 5.41) is 0.610. The third-order valence-corrected chi connectivity index (χ3v) is 6.15. The third-order valence-electron chi connectivity index (χ3n) is 4.37. The van der Waals surface area contributed by atoms with Crippen LogP contribution in [0.3, 0.4) is 0 Å². The highest BCUT2D eigenvalue weighted by Gasteiger charge is 2.14. The lowest BCUT2D eigenvalue weighted by molar-refractivity contribution is -0.125. The van der Waals surface area contributed by atoms with Gasteiger partial charge in [0.2, 0.25) is 15.9 Å². The second-order valence-electron chi connectivity index (χ2n) is 6.59. The first-order valence-corrected chi connectivity index (χ1v) is 11.0. The van der Waals surface area contributed by atoms with Crippen molar-refractivity contribution in [3.63, 3.8) is 0 Å². The lowest BCUT2D eigenvalue weighted by Gasteiger charge is -2.16. The summed E-state index contributed by atoms with van der Waals surface area (Å²) in [6.07, 6.45) is 4.56. The van der Waals surface area contributed by atoms with Gasteiger partial charge in [-0.1, -0.05) is 41.9 Å². The van der Waals surface area contributed by atoms with Gasteiger partial charge in [0.1, 0.15) is 5.76 Å². The van der Waals surface area contributed by atoms with E-state index in [0.717, 1.165) is 5.56 Å². The minimum atomic E-state index is -3.66. The molecule has 0 atom stereocenters. The molecular formula is C22H21ClN2O4S. The molecule has 0 aliphatic carbocycles. The van der Waals surface area contributed by atoms with Crippen LogP contribution in [0.4, 0.5) is 0 Å². The second-order valence-corrected chi connectivity index (χ2v) is 8.77. The normalized spacial score (nSPS) is 11.7. The molecule has 0 radical (unpaired) electrons. The second kappa shape index (κ2) is 9.75. The molecule has 1 aromatic heterocycles. The Morgan fingerprint density at radius 2 is 1.83 bits per heavy atom. The fourth-order valence-corrected chi connectivity index (χ4v) is 3.86. The molecule has 3 aromatic rings. The Bertz CT molecular complexity index is 1120. The Kier molecular flexibility index (Phi) is 7.10. The van der Waals surface area contributed by atoms with Crippen molar-refractivity contribution in [2.24, 2.45) is 0 Å². The maximum atomic E-state index is 12.4. The Morgan fingerprint density at radius 1 is 1.10 bits per heavy atom. The van der Waals surface area contributed by atoms with E-state index in [1.54, 1.807) is 48.4 Å². The van der Waals surface area contributed by atoms with Gasteiger partial charge in [0.15, 0.2) is 0 Å². The van der Waals surface area contributed by atoms with Crippen molar-refractivity contribution in [1.82, 2.24) is 9.62 Å². The van der Waals surface area contributed by atoms with Gasteiger partial charge in [-0.25, -0.2) is 13.1 Å². The van der Waals surface area contributed by atoms with Crippen molar-refractivity contribution < 1.29 is 17.6 Å². The van der Waals surface area contributed by atoms with E-state index >= 15 is 0 Å². The smallest absolute Gasteiger partial charge is 0.246 e. The fourth-order valence-electron chi connectivity index (χ4n) is 2.68. The molecule has 156 valence electrons. The van der Waals surface area contributed by atoms with Crippen LogP contribution in [-0.4, -0.2) is 26.3 Å². The Labute approximate surface area is 180 Å². The van der Waals surface area contributed by atoms with Crippen LogP contribution in [0.1, 0.15) is 16.9 Å². The van der Waals surface area contributed by atoms with Crippen LogP contribution in [0, 0.1) is 0 Å². The van der Waals surface area contributed by atoms with E-state index in [1.807, 2.05) is 18.2 Å². The fraction of sp³-hybridized carbons (Fsp3) is 0.136. The van der Waals surface area contributed by atoms with Crippen LogP contribution in [0.5, 0.6) is 0 Å². The molecule has 0 unspecified atom stereocenters. The number of hydrogen-bond donors (Lipinski definition) is 1. The number of nitrogens with zero attached hydrogens (tertiary/aromatic N) is 1. The Hall–Kier alpha value is -2.87. The summed E-state index contributed by atoms with van der Waals surface area (Å²) in [7, 11) is -1.97. The number of carbonyl (C=O) groups is 1. The average molecular weight is 445 g/mol. The number of sulfonamides is 1. The molecule has 3 rings (SSSR count). The number of hydrogen-bond acceptors (Lipinski definition) is 4. The molecule has 0 aliphatic rings. The molecule has 2 aromatic carbocycles. The minimum absolute atomic E-state index is 0.0727. The van der Waals surface area contributed by atoms with E-state index in [9.17, 15) is 13.2 Å². The highest BCUT2D eigenvalue weighted by Crippen LogP contribution is 2.17. The monoisotopic (exact) mass is 444 g/mol. The van der Waals surface area contributed by atoms with Gasteiger partial charge in [-0.3, -0.25) is 4.79 Å². The van der Waals surface area contributed by atoms with Gasteiger partial charge in [-0.15, -0.1) is 0 Å². The molecule has 0 bridgehead atoms. The zero-order valence-corrected chi connectivity index (χ0v) is 17.9. The molecule has 6 nitrogen and oxygen atoms in total. The zero-order valence-electron chi connectivity index (χ0n) is 16.3. The van der Waals surface area contributed by atoms with Crippen LogP contribution in [0.15, 0.2) is 82.3 Å². The van der Waals surface area contributed by atoms with Crippen molar-refractivity contribution in [2.45, 2.75) is 18.0 Å². The van der Waals surface area contributed by atoms with Crippen LogP contribution in [0.2, 0.25) is 5.02 Å². The summed E-state index contributed by atoms with van der Waals surface area (Å²) in [6, 6.07) is 17.0. The standard InChI is InChI=1S/C22H21ClN2O4S/c1-25(16-18-5-2-3-7-21(18)23)22(26)13-10-17-8-11-20(12-9-17)30(27,28)24-15-19-6-4-14-29-19/h2-14,24H,15-16H2,1H3/b13-10+. The van der Waals surface area contributed by atoms with Gasteiger partial charge in [0.05, 0.1) is 17.7 Å².